The zero-order valence-electron chi connectivity index (χ0n) is 15.9. The maximum atomic E-state index is 13.2. The van der Waals surface area contributed by atoms with Crippen molar-refractivity contribution in [2.24, 2.45) is 5.41 Å². The Hall–Kier alpha value is -2.69. The highest BCUT2D eigenvalue weighted by Crippen LogP contribution is 2.56. The molecule has 2 bridgehead atoms. The van der Waals surface area contributed by atoms with Crippen molar-refractivity contribution in [3.05, 3.63) is 75.3 Å². The van der Waals surface area contributed by atoms with Crippen molar-refractivity contribution in [2.75, 3.05) is 6.54 Å². The first-order valence-electron chi connectivity index (χ1n) is 9.39. The summed E-state index contributed by atoms with van der Waals surface area (Å²) in [6.07, 6.45) is 1.75. The summed E-state index contributed by atoms with van der Waals surface area (Å²) < 4.78 is 0. The van der Waals surface area contributed by atoms with Gasteiger partial charge in [0.2, 0.25) is 0 Å². The fourth-order valence-corrected chi connectivity index (χ4v) is 5.01. The Morgan fingerprint density at radius 1 is 1.11 bits per heavy atom. The van der Waals surface area contributed by atoms with Crippen LogP contribution in [0.4, 0.5) is 5.69 Å². The molecule has 0 unspecified atom stereocenters. The predicted molar refractivity (Wildman–Crippen MR) is 104 cm³/mol. The Morgan fingerprint density at radius 2 is 1.78 bits per heavy atom. The van der Waals surface area contributed by atoms with Crippen LogP contribution in [0.2, 0.25) is 0 Å². The van der Waals surface area contributed by atoms with E-state index in [4.69, 9.17) is 0 Å². The Kier molecular flexibility index (Phi) is 3.88. The number of hydrogen-bond donors (Lipinski definition) is 0. The smallest absolute Gasteiger partial charge is 0.269 e. The van der Waals surface area contributed by atoms with Crippen LogP contribution in [0.15, 0.2) is 48.5 Å². The molecular formula is C22H24N2O3. The summed E-state index contributed by atoms with van der Waals surface area (Å²) in [6, 6.07) is 14.6. The molecule has 5 heteroatoms. The van der Waals surface area contributed by atoms with Crippen LogP contribution in [0.3, 0.4) is 0 Å². The highest BCUT2D eigenvalue weighted by Gasteiger charge is 2.56. The summed E-state index contributed by atoms with van der Waals surface area (Å²) in [4.78, 5) is 25.7. The molecule has 2 aromatic rings. The third-order valence-corrected chi connectivity index (χ3v) is 7.10. The molecule has 1 aliphatic heterocycles. The average Bonchev–Trinajstić information content (AvgIpc) is 2.64. The van der Waals surface area contributed by atoms with Crippen LogP contribution in [0.1, 0.15) is 48.7 Å². The molecule has 1 amide bonds. The first-order valence-corrected chi connectivity index (χ1v) is 9.39. The van der Waals surface area contributed by atoms with Crippen LogP contribution >= 0.6 is 0 Å². The van der Waals surface area contributed by atoms with Gasteiger partial charge in [-0.05, 0) is 41.5 Å². The number of fused-ring (bicyclic) bond motifs is 4. The monoisotopic (exact) mass is 364 g/mol. The summed E-state index contributed by atoms with van der Waals surface area (Å²) in [5.74, 6) is -0.0376. The van der Waals surface area contributed by atoms with Crippen LogP contribution in [0, 0.1) is 15.5 Å². The molecule has 1 aliphatic carbocycles. The van der Waals surface area contributed by atoms with E-state index in [9.17, 15) is 14.9 Å². The van der Waals surface area contributed by atoms with E-state index in [0.29, 0.717) is 12.1 Å². The molecular weight excluding hydrogens is 340 g/mol. The summed E-state index contributed by atoms with van der Waals surface area (Å²) in [6.45, 7) is 7.56. The lowest BCUT2D eigenvalue weighted by Gasteiger charge is -2.60. The number of non-ortho nitro benzene ring substituents is 1. The maximum absolute atomic E-state index is 13.2. The van der Waals surface area contributed by atoms with Gasteiger partial charge in [0.1, 0.15) is 0 Å². The van der Waals surface area contributed by atoms with Crippen LogP contribution in [-0.4, -0.2) is 28.3 Å². The minimum Gasteiger partial charge on any atom is -0.335 e. The molecule has 1 saturated heterocycles. The lowest BCUT2D eigenvalue weighted by Crippen LogP contribution is -2.64. The number of nitro groups is 1. The molecule has 1 fully saturated rings. The third-order valence-electron chi connectivity index (χ3n) is 7.10. The van der Waals surface area contributed by atoms with Crippen LogP contribution < -0.4 is 0 Å². The Morgan fingerprint density at radius 3 is 2.44 bits per heavy atom. The normalized spacial score (nSPS) is 25.6. The molecule has 1 heterocycles. The molecule has 5 nitrogen and oxygen atoms in total. The van der Waals surface area contributed by atoms with Gasteiger partial charge in [-0.15, -0.1) is 0 Å². The second kappa shape index (κ2) is 5.91. The summed E-state index contributed by atoms with van der Waals surface area (Å²) in [5, 5.41) is 10.9. The van der Waals surface area contributed by atoms with Gasteiger partial charge in [-0.25, -0.2) is 0 Å². The number of hydrogen-bond acceptors (Lipinski definition) is 3. The number of nitrogens with zero attached hydrogens (tertiary/aromatic N) is 2. The van der Waals surface area contributed by atoms with Gasteiger partial charge in [-0.1, -0.05) is 45.0 Å². The molecule has 0 N–H and O–H groups in total. The van der Waals surface area contributed by atoms with Gasteiger partial charge >= 0.3 is 0 Å². The van der Waals surface area contributed by atoms with Crippen LogP contribution in [0.5, 0.6) is 0 Å². The molecule has 4 rings (SSSR count). The zero-order chi connectivity index (χ0) is 19.4. The number of benzene rings is 2. The minimum atomic E-state index is -0.443. The summed E-state index contributed by atoms with van der Waals surface area (Å²) in [5.41, 5.74) is 3.22. The third kappa shape index (κ3) is 2.48. The fourth-order valence-electron chi connectivity index (χ4n) is 5.01. The quantitative estimate of drug-likeness (QED) is 0.588. The number of amides is 1. The van der Waals surface area contributed by atoms with E-state index in [2.05, 4.69) is 45.0 Å². The van der Waals surface area contributed by atoms with Crippen molar-refractivity contribution in [1.82, 2.24) is 4.90 Å². The summed E-state index contributed by atoms with van der Waals surface area (Å²) >= 11 is 0. The first-order chi connectivity index (χ1) is 12.8. The van der Waals surface area contributed by atoms with E-state index in [1.54, 1.807) is 12.1 Å². The Labute approximate surface area is 159 Å². The van der Waals surface area contributed by atoms with Crippen molar-refractivity contribution >= 4 is 11.6 Å². The molecule has 0 spiro atoms. The van der Waals surface area contributed by atoms with Crippen molar-refractivity contribution in [1.29, 1.82) is 0 Å². The highest BCUT2D eigenvalue weighted by atomic mass is 16.6. The van der Waals surface area contributed by atoms with Gasteiger partial charge in [-0.3, -0.25) is 14.9 Å². The van der Waals surface area contributed by atoms with Crippen molar-refractivity contribution in [3.8, 4) is 0 Å². The standard InChI is InChI=1S/C22H24N2O3/c1-21(2)19-14-16-6-4-5-7-18(16)22(21,3)12-13-23(19)20(25)15-8-10-17(11-9-15)24(26)27/h4-11,19H,12-14H2,1-3H3/t19-,22+/m1/s1. The summed E-state index contributed by atoms with van der Waals surface area (Å²) in [7, 11) is 0. The number of rotatable bonds is 2. The number of likely N-dealkylation sites (tertiary alicyclic amines) is 1. The van der Waals surface area contributed by atoms with Crippen molar-refractivity contribution in [2.45, 2.75) is 45.1 Å². The van der Waals surface area contributed by atoms with E-state index < -0.39 is 4.92 Å². The Bertz CT molecular complexity index is 919. The van der Waals surface area contributed by atoms with Gasteiger partial charge in [0, 0.05) is 35.7 Å². The number of carbonyl (C=O) groups excluding carboxylic acids is 1. The lowest BCUT2D eigenvalue weighted by molar-refractivity contribution is -0.384. The number of nitro benzene ring substituents is 1. The van der Waals surface area contributed by atoms with Gasteiger partial charge in [0.25, 0.3) is 11.6 Å². The Balaban J connectivity index is 1.71. The zero-order valence-corrected chi connectivity index (χ0v) is 15.9. The largest absolute Gasteiger partial charge is 0.335 e. The molecule has 2 aliphatic rings. The van der Waals surface area contributed by atoms with E-state index in [-0.39, 0.29) is 28.5 Å². The molecule has 2 aromatic carbocycles. The van der Waals surface area contributed by atoms with Crippen molar-refractivity contribution in [3.63, 3.8) is 0 Å². The van der Waals surface area contributed by atoms with Gasteiger partial charge in [0.15, 0.2) is 0 Å². The highest BCUT2D eigenvalue weighted by molar-refractivity contribution is 5.95. The molecule has 0 aromatic heterocycles. The van der Waals surface area contributed by atoms with Gasteiger partial charge in [-0.2, -0.15) is 0 Å². The molecule has 140 valence electrons. The van der Waals surface area contributed by atoms with Crippen LogP contribution in [0.25, 0.3) is 0 Å². The first kappa shape index (κ1) is 17.7. The minimum absolute atomic E-state index is 0.00435. The molecule has 2 atom stereocenters. The van der Waals surface area contributed by atoms with Crippen LogP contribution in [-0.2, 0) is 11.8 Å². The topological polar surface area (TPSA) is 63.5 Å². The second-order valence-corrected chi connectivity index (χ2v) is 8.48. The molecule has 27 heavy (non-hydrogen) atoms. The maximum Gasteiger partial charge on any atom is 0.269 e. The van der Waals surface area contributed by atoms with Gasteiger partial charge < -0.3 is 4.90 Å². The fraction of sp³-hybridized carbons (Fsp3) is 0.409. The number of piperidine rings is 1. The van der Waals surface area contributed by atoms with E-state index in [0.717, 1.165) is 12.8 Å². The molecule has 0 saturated carbocycles. The number of carbonyl (C=O) groups is 1. The van der Waals surface area contributed by atoms with Crippen molar-refractivity contribution < 1.29 is 9.72 Å². The lowest BCUT2D eigenvalue weighted by atomic mass is 9.51. The SMILES string of the molecule is CC1(C)[C@H]2Cc3ccccc3[C@]1(C)CCN2C(=O)c1ccc([N+](=O)[O-])cc1. The predicted octanol–water partition coefficient (Wildman–Crippen LogP) is 4.35. The van der Waals surface area contributed by atoms with E-state index >= 15 is 0 Å². The van der Waals surface area contributed by atoms with Gasteiger partial charge in [0.05, 0.1) is 4.92 Å². The molecule has 0 radical (unpaired) electrons. The van der Waals surface area contributed by atoms with E-state index in [1.807, 2.05) is 4.90 Å². The van der Waals surface area contributed by atoms with E-state index in [1.165, 1.54) is 23.3 Å². The second-order valence-electron chi connectivity index (χ2n) is 8.48. The average molecular weight is 364 g/mol.